The Morgan fingerprint density at radius 2 is 1.43 bits per heavy atom. The molecule has 0 aromatic carbocycles. The van der Waals surface area contributed by atoms with Crippen LogP contribution in [0, 0.1) is 0 Å². The molecule has 6 nitrogen and oxygen atoms in total. The standard InChI is InChI=1S/C23H42N4O2S/c1-4-6-8-10-11-12-14-16-18-30-23-24-20-19(21(28)25-22(29)26(20)3)27(23)17-15-13-9-7-5-2/h19-20H,4-18H2,1-3H3,(H,25,28,29). The van der Waals surface area contributed by atoms with Gasteiger partial charge in [0, 0.05) is 19.3 Å². The topological polar surface area (TPSA) is 65.0 Å². The van der Waals surface area contributed by atoms with Crippen LogP contribution < -0.4 is 5.32 Å². The van der Waals surface area contributed by atoms with Gasteiger partial charge < -0.3 is 9.80 Å². The number of hydrogen-bond acceptors (Lipinski definition) is 5. The second-order valence-electron chi connectivity index (χ2n) is 8.61. The molecule has 0 bridgehead atoms. The van der Waals surface area contributed by atoms with Crippen LogP contribution in [0.3, 0.4) is 0 Å². The van der Waals surface area contributed by atoms with Crippen molar-refractivity contribution in [2.24, 2.45) is 4.99 Å². The monoisotopic (exact) mass is 438 g/mol. The van der Waals surface area contributed by atoms with Crippen LogP contribution in [0.2, 0.25) is 0 Å². The van der Waals surface area contributed by atoms with Crippen LogP contribution in [-0.2, 0) is 4.79 Å². The predicted octanol–water partition coefficient (Wildman–Crippen LogP) is 5.38. The Morgan fingerprint density at radius 3 is 2.07 bits per heavy atom. The van der Waals surface area contributed by atoms with E-state index in [-0.39, 0.29) is 24.1 Å². The number of amides is 3. The normalized spacial score (nSPS) is 21.1. The van der Waals surface area contributed by atoms with Gasteiger partial charge in [0.25, 0.3) is 5.91 Å². The molecule has 2 aliphatic heterocycles. The Bertz CT molecular complexity index is 569. The molecule has 0 saturated carbocycles. The third-order valence-corrected chi connectivity index (χ3v) is 7.15. The van der Waals surface area contributed by atoms with E-state index in [1.54, 1.807) is 23.7 Å². The van der Waals surface area contributed by atoms with Crippen molar-refractivity contribution in [3.05, 3.63) is 0 Å². The van der Waals surface area contributed by atoms with E-state index in [4.69, 9.17) is 4.99 Å². The van der Waals surface area contributed by atoms with E-state index < -0.39 is 0 Å². The first kappa shape index (κ1) is 25.0. The van der Waals surface area contributed by atoms with Crippen LogP contribution in [0.5, 0.6) is 0 Å². The minimum absolute atomic E-state index is 0.205. The first-order valence-corrected chi connectivity index (χ1v) is 13.1. The fraction of sp³-hybridized carbons (Fsp3) is 0.870. The number of aliphatic imine (C=N–C) groups is 1. The minimum atomic E-state index is -0.386. The Labute approximate surface area is 187 Å². The highest BCUT2D eigenvalue weighted by atomic mass is 32.2. The van der Waals surface area contributed by atoms with Crippen LogP contribution in [0.25, 0.3) is 0 Å². The molecule has 172 valence electrons. The van der Waals surface area contributed by atoms with Gasteiger partial charge in [0.05, 0.1) is 0 Å². The van der Waals surface area contributed by atoms with Crippen molar-refractivity contribution >= 4 is 28.9 Å². The van der Waals surface area contributed by atoms with Gasteiger partial charge in [0.15, 0.2) is 17.4 Å². The van der Waals surface area contributed by atoms with Gasteiger partial charge in [-0.1, -0.05) is 96.2 Å². The Hall–Kier alpha value is -1.24. The molecule has 1 fully saturated rings. The van der Waals surface area contributed by atoms with E-state index in [0.29, 0.717) is 0 Å². The number of nitrogens with one attached hydrogen (secondary N) is 1. The molecule has 2 heterocycles. The summed E-state index contributed by atoms with van der Waals surface area (Å²) in [5.74, 6) is 0.821. The van der Waals surface area contributed by atoms with Crippen LogP contribution in [-0.4, -0.2) is 58.5 Å². The van der Waals surface area contributed by atoms with E-state index in [1.165, 1.54) is 77.0 Å². The number of amidine groups is 1. The molecule has 1 saturated heterocycles. The molecule has 30 heavy (non-hydrogen) atoms. The van der Waals surface area contributed by atoms with Crippen molar-refractivity contribution in [3.8, 4) is 0 Å². The third-order valence-electron chi connectivity index (χ3n) is 6.05. The number of unbranched alkanes of at least 4 members (excludes halogenated alkanes) is 11. The summed E-state index contributed by atoms with van der Waals surface area (Å²) in [4.78, 5) is 33.1. The largest absolute Gasteiger partial charge is 0.336 e. The van der Waals surface area contributed by atoms with Crippen LogP contribution in [0.1, 0.15) is 97.3 Å². The van der Waals surface area contributed by atoms with Crippen LogP contribution in [0.15, 0.2) is 4.99 Å². The second kappa shape index (κ2) is 13.9. The first-order chi connectivity index (χ1) is 14.6. The third kappa shape index (κ3) is 7.47. The van der Waals surface area contributed by atoms with E-state index in [2.05, 4.69) is 24.1 Å². The van der Waals surface area contributed by atoms with Crippen molar-refractivity contribution in [1.29, 1.82) is 0 Å². The first-order valence-electron chi connectivity index (χ1n) is 12.1. The van der Waals surface area contributed by atoms with Crippen LogP contribution >= 0.6 is 11.8 Å². The highest BCUT2D eigenvalue weighted by molar-refractivity contribution is 8.13. The number of hydrogen-bond donors (Lipinski definition) is 1. The zero-order valence-corrected chi connectivity index (χ0v) is 20.1. The van der Waals surface area contributed by atoms with Crippen LogP contribution in [0.4, 0.5) is 4.79 Å². The van der Waals surface area contributed by atoms with Gasteiger partial charge in [-0.3, -0.25) is 10.1 Å². The number of carbonyl (C=O) groups excluding carboxylic acids is 2. The molecule has 0 aliphatic carbocycles. The number of fused-ring (bicyclic) bond motifs is 1. The molecule has 1 N–H and O–H groups in total. The summed E-state index contributed by atoms with van der Waals surface area (Å²) in [7, 11) is 1.73. The lowest BCUT2D eigenvalue weighted by Crippen LogP contribution is -2.63. The van der Waals surface area contributed by atoms with Gasteiger partial charge >= 0.3 is 6.03 Å². The average molecular weight is 439 g/mol. The average Bonchev–Trinajstić information content (AvgIpc) is 3.10. The quantitative estimate of drug-likeness (QED) is 0.349. The maximum atomic E-state index is 12.6. The van der Waals surface area contributed by atoms with Gasteiger partial charge in [-0.05, 0) is 12.8 Å². The summed E-state index contributed by atoms with van der Waals surface area (Å²) < 4.78 is 0. The van der Waals surface area contributed by atoms with Gasteiger partial charge in [-0.15, -0.1) is 0 Å². The zero-order chi connectivity index (χ0) is 21.8. The number of nitrogens with zero attached hydrogens (tertiary/aromatic N) is 3. The zero-order valence-electron chi connectivity index (χ0n) is 19.3. The lowest BCUT2D eigenvalue weighted by molar-refractivity contribution is -0.127. The predicted molar refractivity (Wildman–Crippen MR) is 127 cm³/mol. The summed E-state index contributed by atoms with van der Waals surface area (Å²) >= 11 is 1.76. The summed E-state index contributed by atoms with van der Waals surface area (Å²) in [6.45, 7) is 5.31. The van der Waals surface area contributed by atoms with Gasteiger partial charge in [0.1, 0.15) is 0 Å². The molecular formula is C23H42N4O2S. The summed E-state index contributed by atoms with van der Waals surface area (Å²) in [5, 5.41) is 3.43. The highest BCUT2D eigenvalue weighted by Crippen LogP contribution is 2.29. The second-order valence-corrected chi connectivity index (χ2v) is 9.67. The van der Waals surface area contributed by atoms with Crippen molar-refractivity contribution in [1.82, 2.24) is 15.1 Å². The van der Waals surface area contributed by atoms with E-state index in [0.717, 1.165) is 23.9 Å². The molecule has 2 atom stereocenters. The minimum Gasteiger partial charge on any atom is -0.336 e. The van der Waals surface area contributed by atoms with E-state index >= 15 is 0 Å². The number of carbonyl (C=O) groups is 2. The van der Waals surface area contributed by atoms with E-state index in [9.17, 15) is 9.59 Å². The fourth-order valence-corrected chi connectivity index (χ4v) is 5.23. The molecule has 0 radical (unpaired) electrons. The number of likely N-dealkylation sites (N-methyl/N-ethyl adjacent to an activating group) is 1. The number of imide groups is 1. The lowest BCUT2D eigenvalue weighted by atomic mass is 10.1. The molecule has 0 spiro atoms. The maximum Gasteiger partial charge on any atom is 0.325 e. The van der Waals surface area contributed by atoms with Crippen molar-refractivity contribution < 1.29 is 9.59 Å². The number of urea groups is 1. The Balaban J connectivity index is 1.82. The van der Waals surface area contributed by atoms with Gasteiger partial charge in [-0.25, -0.2) is 9.79 Å². The molecular weight excluding hydrogens is 396 g/mol. The summed E-state index contributed by atoms with van der Waals surface area (Å²) in [6.07, 6.45) is 16.0. The van der Waals surface area contributed by atoms with Crippen molar-refractivity contribution in [2.45, 2.75) is 110 Å². The molecule has 2 rings (SSSR count). The fourth-order valence-electron chi connectivity index (χ4n) is 4.14. The molecule has 0 aromatic heterocycles. The Kier molecular flexibility index (Phi) is 11.6. The molecule has 2 unspecified atom stereocenters. The van der Waals surface area contributed by atoms with Crippen molar-refractivity contribution in [3.63, 3.8) is 0 Å². The summed E-state index contributed by atoms with van der Waals surface area (Å²) in [6, 6.07) is -0.720. The van der Waals surface area contributed by atoms with E-state index in [1.807, 2.05) is 0 Å². The summed E-state index contributed by atoms with van der Waals surface area (Å²) in [5.41, 5.74) is 0. The molecule has 3 amide bonds. The lowest BCUT2D eigenvalue weighted by Gasteiger charge is -2.36. The highest BCUT2D eigenvalue weighted by Gasteiger charge is 2.48. The van der Waals surface area contributed by atoms with Gasteiger partial charge in [-0.2, -0.15) is 0 Å². The Morgan fingerprint density at radius 1 is 0.867 bits per heavy atom. The van der Waals surface area contributed by atoms with Crippen molar-refractivity contribution in [2.75, 3.05) is 19.3 Å². The molecule has 0 aromatic rings. The number of rotatable bonds is 15. The number of thioether (sulfide) groups is 1. The molecule has 2 aliphatic rings. The SMILES string of the molecule is CCCCCCCCCCSC1=NC2C(C(=O)NC(=O)N2C)N1CCCCCCC. The smallest absolute Gasteiger partial charge is 0.325 e. The maximum absolute atomic E-state index is 12.6. The molecule has 7 heteroatoms. The van der Waals surface area contributed by atoms with Gasteiger partial charge in [0.2, 0.25) is 0 Å².